The van der Waals surface area contributed by atoms with Crippen molar-refractivity contribution < 1.29 is 14.7 Å². The SMILES string of the molecule is CC(C)CNC(=O)C(O)C(C)N(C=O)CC1CC1. The fourth-order valence-corrected chi connectivity index (χ4v) is 1.71. The summed E-state index contributed by atoms with van der Waals surface area (Å²) in [4.78, 5) is 24.2. The van der Waals surface area contributed by atoms with Crippen molar-refractivity contribution in [1.82, 2.24) is 10.2 Å². The van der Waals surface area contributed by atoms with E-state index in [2.05, 4.69) is 5.32 Å². The maximum absolute atomic E-state index is 11.7. The predicted octanol–water partition coefficient (Wildman–Crippen LogP) is 0.376. The first kappa shape index (κ1) is 15.0. The zero-order chi connectivity index (χ0) is 13.7. The quantitative estimate of drug-likeness (QED) is 0.617. The van der Waals surface area contributed by atoms with E-state index in [1.54, 1.807) is 6.92 Å². The Morgan fingerprint density at radius 3 is 2.50 bits per heavy atom. The van der Waals surface area contributed by atoms with Crippen molar-refractivity contribution in [1.29, 1.82) is 0 Å². The summed E-state index contributed by atoms with van der Waals surface area (Å²) in [5.74, 6) is 0.479. The summed E-state index contributed by atoms with van der Waals surface area (Å²) in [6.45, 7) is 6.85. The van der Waals surface area contributed by atoms with Crippen molar-refractivity contribution in [3.8, 4) is 0 Å². The highest BCUT2D eigenvalue weighted by atomic mass is 16.3. The van der Waals surface area contributed by atoms with Gasteiger partial charge in [-0.25, -0.2) is 0 Å². The van der Waals surface area contributed by atoms with Crippen LogP contribution in [-0.4, -0.2) is 47.6 Å². The molecule has 1 aliphatic rings. The van der Waals surface area contributed by atoms with Crippen LogP contribution in [0, 0.1) is 11.8 Å². The van der Waals surface area contributed by atoms with E-state index < -0.39 is 18.1 Å². The number of amides is 2. The molecule has 0 saturated heterocycles. The van der Waals surface area contributed by atoms with Crippen LogP contribution < -0.4 is 5.32 Å². The van der Waals surface area contributed by atoms with Gasteiger partial charge in [0, 0.05) is 13.1 Å². The number of hydrogen-bond donors (Lipinski definition) is 2. The third-order valence-corrected chi connectivity index (χ3v) is 3.23. The zero-order valence-corrected chi connectivity index (χ0v) is 11.4. The molecule has 2 atom stereocenters. The summed E-state index contributed by atoms with van der Waals surface area (Å²) in [5.41, 5.74) is 0. The van der Waals surface area contributed by atoms with Crippen molar-refractivity contribution in [2.45, 2.75) is 45.8 Å². The maximum atomic E-state index is 11.7. The topological polar surface area (TPSA) is 69.6 Å². The minimum atomic E-state index is -1.16. The predicted molar refractivity (Wildman–Crippen MR) is 68.8 cm³/mol. The Balaban J connectivity index is 2.43. The Hall–Kier alpha value is -1.10. The van der Waals surface area contributed by atoms with Crippen molar-refractivity contribution in [3.63, 3.8) is 0 Å². The first-order valence-electron chi connectivity index (χ1n) is 6.62. The molecule has 0 heterocycles. The van der Waals surface area contributed by atoms with E-state index >= 15 is 0 Å². The van der Waals surface area contributed by atoms with E-state index in [-0.39, 0.29) is 0 Å². The highest BCUT2D eigenvalue weighted by molar-refractivity contribution is 5.81. The maximum Gasteiger partial charge on any atom is 0.250 e. The molecular formula is C13H24N2O3. The molecule has 0 spiro atoms. The van der Waals surface area contributed by atoms with Gasteiger partial charge in [0.15, 0.2) is 6.10 Å². The Morgan fingerprint density at radius 2 is 2.06 bits per heavy atom. The number of aliphatic hydroxyl groups excluding tert-OH is 1. The van der Waals surface area contributed by atoms with Gasteiger partial charge < -0.3 is 15.3 Å². The summed E-state index contributed by atoms with van der Waals surface area (Å²) in [5, 5.41) is 12.6. The lowest BCUT2D eigenvalue weighted by molar-refractivity contribution is -0.135. The molecule has 0 aromatic rings. The Kier molecular flexibility index (Phi) is 5.59. The lowest BCUT2D eigenvalue weighted by Gasteiger charge is -2.28. The Labute approximate surface area is 109 Å². The van der Waals surface area contributed by atoms with Crippen LogP contribution in [0.2, 0.25) is 0 Å². The summed E-state index contributed by atoms with van der Waals surface area (Å²) in [6.07, 6.45) is 1.83. The summed E-state index contributed by atoms with van der Waals surface area (Å²) in [7, 11) is 0. The zero-order valence-electron chi connectivity index (χ0n) is 11.4. The van der Waals surface area contributed by atoms with Gasteiger partial charge >= 0.3 is 0 Å². The molecule has 0 aliphatic heterocycles. The number of nitrogens with zero attached hydrogens (tertiary/aromatic N) is 1. The molecule has 0 bridgehead atoms. The molecule has 1 fully saturated rings. The van der Waals surface area contributed by atoms with E-state index in [4.69, 9.17) is 0 Å². The van der Waals surface area contributed by atoms with E-state index in [0.29, 0.717) is 24.9 Å². The Bertz CT molecular complexity index is 290. The molecule has 1 saturated carbocycles. The van der Waals surface area contributed by atoms with Crippen LogP contribution in [0.5, 0.6) is 0 Å². The first-order chi connectivity index (χ1) is 8.45. The Morgan fingerprint density at radius 1 is 1.44 bits per heavy atom. The van der Waals surface area contributed by atoms with Gasteiger partial charge in [0.1, 0.15) is 0 Å². The van der Waals surface area contributed by atoms with Gasteiger partial charge in [-0.1, -0.05) is 13.8 Å². The van der Waals surface area contributed by atoms with Crippen LogP contribution in [0.15, 0.2) is 0 Å². The lowest BCUT2D eigenvalue weighted by Crippen LogP contribution is -2.49. The smallest absolute Gasteiger partial charge is 0.250 e. The standard InChI is InChI=1S/C13H24N2O3/c1-9(2)6-14-13(18)12(17)10(3)15(8-16)7-11-4-5-11/h8-12,17H,4-7H2,1-3H3,(H,14,18). The van der Waals surface area contributed by atoms with Crippen LogP contribution in [0.4, 0.5) is 0 Å². The molecular weight excluding hydrogens is 232 g/mol. The number of aliphatic hydroxyl groups is 1. The summed E-state index contributed by atoms with van der Waals surface area (Å²) >= 11 is 0. The van der Waals surface area contributed by atoms with E-state index in [1.807, 2.05) is 13.8 Å². The van der Waals surface area contributed by atoms with Crippen molar-refractivity contribution in [3.05, 3.63) is 0 Å². The average molecular weight is 256 g/mol. The lowest BCUT2D eigenvalue weighted by atomic mass is 10.1. The number of hydrogen-bond acceptors (Lipinski definition) is 3. The monoisotopic (exact) mass is 256 g/mol. The largest absolute Gasteiger partial charge is 0.381 e. The van der Waals surface area contributed by atoms with Crippen LogP contribution in [0.1, 0.15) is 33.6 Å². The molecule has 5 nitrogen and oxygen atoms in total. The molecule has 5 heteroatoms. The highest BCUT2D eigenvalue weighted by Crippen LogP contribution is 2.30. The molecule has 2 amide bonds. The van der Waals surface area contributed by atoms with Gasteiger partial charge in [-0.15, -0.1) is 0 Å². The van der Waals surface area contributed by atoms with E-state index in [0.717, 1.165) is 19.3 Å². The van der Waals surface area contributed by atoms with Gasteiger partial charge in [0.25, 0.3) is 5.91 Å². The van der Waals surface area contributed by atoms with E-state index in [9.17, 15) is 14.7 Å². The van der Waals surface area contributed by atoms with E-state index in [1.165, 1.54) is 4.90 Å². The molecule has 1 aliphatic carbocycles. The summed E-state index contributed by atoms with van der Waals surface area (Å²) < 4.78 is 0. The van der Waals surface area contributed by atoms with Crippen molar-refractivity contribution in [2.24, 2.45) is 11.8 Å². The van der Waals surface area contributed by atoms with Crippen LogP contribution in [0.25, 0.3) is 0 Å². The van der Waals surface area contributed by atoms with Crippen molar-refractivity contribution >= 4 is 12.3 Å². The third-order valence-electron chi connectivity index (χ3n) is 3.23. The molecule has 2 unspecified atom stereocenters. The normalized spacial score (nSPS) is 18.3. The second-order valence-electron chi connectivity index (χ2n) is 5.57. The van der Waals surface area contributed by atoms with Gasteiger partial charge in [0.05, 0.1) is 6.04 Å². The fraction of sp³-hybridized carbons (Fsp3) is 0.846. The van der Waals surface area contributed by atoms with Crippen molar-refractivity contribution in [2.75, 3.05) is 13.1 Å². The summed E-state index contributed by atoms with van der Waals surface area (Å²) in [6, 6.07) is -0.477. The molecule has 0 aromatic heterocycles. The fourth-order valence-electron chi connectivity index (χ4n) is 1.71. The number of carbonyl (C=O) groups excluding carboxylic acids is 2. The third kappa shape index (κ3) is 4.64. The second kappa shape index (κ2) is 6.73. The first-order valence-corrected chi connectivity index (χ1v) is 6.62. The minimum Gasteiger partial charge on any atom is -0.381 e. The van der Waals surface area contributed by atoms with Gasteiger partial charge in [-0.05, 0) is 31.6 Å². The molecule has 2 N–H and O–H groups in total. The van der Waals surface area contributed by atoms with Crippen LogP contribution in [-0.2, 0) is 9.59 Å². The molecule has 18 heavy (non-hydrogen) atoms. The van der Waals surface area contributed by atoms with Crippen LogP contribution in [0.3, 0.4) is 0 Å². The molecule has 1 rings (SSSR count). The van der Waals surface area contributed by atoms with Gasteiger partial charge in [-0.3, -0.25) is 9.59 Å². The molecule has 0 radical (unpaired) electrons. The molecule has 0 aromatic carbocycles. The highest BCUT2D eigenvalue weighted by Gasteiger charge is 2.31. The molecule has 104 valence electrons. The van der Waals surface area contributed by atoms with Gasteiger partial charge in [0.2, 0.25) is 6.41 Å². The number of rotatable bonds is 8. The van der Waals surface area contributed by atoms with Crippen LogP contribution >= 0.6 is 0 Å². The number of nitrogens with one attached hydrogen (secondary N) is 1. The second-order valence-corrected chi connectivity index (χ2v) is 5.57. The van der Waals surface area contributed by atoms with Gasteiger partial charge in [-0.2, -0.15) is 0 Å². The minimum absolute atomic E-state index is 0.338. The average Bonchev–Trinajstić information content (AvgIpc) is 3.14. The number of carbonyl (C=O) groups is 2.